The third-order valence-corrected chi connectivity index (χ3v) is 5.04. The molecule has 2 fully saturated rings. The highest BCUT2D eigenvalue weighted by Gasteiger charge is 2.31. The molecule has 3 amide bonds. The van der Waals surface area contributed by atoms with Gasteiger partial charge in [0.15, 0.2) is 0 Å². The Bertz CT molecular complexity index is 582. The molecule has 1 saturated heterocycles. The van der Waals surface area contributed by atoms with Crippen molar-refractivity contribution in [3.8, 4) is 0 Å². The number of benzene rings is 1. The van der Waals surface area contributed by atoms with Gasteiger partial charge in [-0.2, -0.15) is 0 Å². The maximum absolute atomic E-state index is 12.2. The van der Waals surface area contributed by atoms with Crippen LogP contribution in [0.4, 0.5) is 10.5 Å². The average molecular weight is 350 g/mol. The number of urea groups is 1. The van der Waals surface area contributed by atoms with Crippen molar-refractivity contribution < 1.29 is 9.59 Å². The molecule has 1 atom stereocenters. The molecule has 5 nitrogen and oxygen atoms in total. The zero-order valence-electron chi connectivity index (χ0n) is 13.8. The number of anilines is 1. The van der Waals surface area contributed by atoms with E-state index in [2.05, 4.69) is 10.6 Å². The molecule has 1 heterocycles. The summed E-state index contributed by atoms with van der Waals surface area (Å²) in [5.74, 6) is 0.0251. The van der Waals surface area contributed by atoms with Crippen molar-refractivity contribution in [2.45, 2.75) is 57.0 Å². The van der Waals surface area contributed by atoms with Crippen LogP contribution in [-0.2, 0) is 4.79 Å². The number of carbonyl (C=O) groups excluding carboxylic acids is 2. The lowest BCUT2D eigenvalue weighted by Gasteiger charge is -2.20. The van der Waals surface area contributed by atoms with Gasteiger partial charge < -0.3 is 15.5 Å². The van der Waals surface area contributed by atoms with Gasteiger partial charge in [-0.25, -0.2) is 4.79 Å². The third kappa shape index (κ3) is 4.41. The lowest BCUT2D eigenvalue weighted by molar-refractivity contribution is -0.117. The first-order valence-electron chi connectivity index (χ1n) is 8.75. The Hall–Kier alpha value is -1.75. The van der Waals surface area contributed by atoms with Gasteiger partial charge in [0, 0.05) is 29.7 Å². The first-order chi connectivity index (χ1) is 11.6. The highest BCUT2D eigenvalue weighted by atomic mass is 35.5. The molecule has 0 aromatic heterocycles. The van der Waals surface area contributed by atoms with Crippen LogP contribution in [0.5, 0.6) is 0 Å². The zero-order chi connectivity index (χ0) is 16.9. The number of halogens is 1. The Kier molecular flexibility index (Phi) is 5.61. The van der Waals surface area contributed by atoms with Crippen molar-refractivity contribution in [3.63, 3.8) is 0 Å². The Labute approximate surface area is 147 Å². The monoisotopic (exact) mass is 349 g/mol. The summed E-state index contributed by atoms with van der Waals surface area (Å²) >= 11 is 5.89. The Morgan fingerprint density at radius 2 is 1.62 bits per heavy atom. The molecule has 0 radical (unpaired) electrons. The van der Waals surface area contributed by atoms with Crippen molar-refractivity contribution >= 4 is 29.2 Å². The topological polar surface area (TPSA) is 61.4 Å². The molecule has 2 aliphatic rings. The molecular weight excluding hydrogens is 326 g/mol. The molecule has 24 heavy (non-hydrogen) atoms. The van der Waals surface area contributed by atoms with E-state index in [1.165, 1.54) is 25.7 Å². The van der Waals surface area contributed by atoms with Crippen molar-refractivity contribution in [1.82, 2.24) is 10.6 Å². The summed E-state index contributed by atoms with van der Waals surface area (Å²) in [4.78, 5) is 26.1. The molecule has 1 aromatic carbocycles. The van der Waals surface area contributed by atoms with Crippen LogP contribution < -0.4 is 15.5 Å². The molecule has 1 aliphatic carbocycles. The number of amides is 3. The van der Waals surface area contributed by atoms with Crippen LogP contribution in [0.15, 0.2) is 24.3 Å². The number of hydrogen-bond acceptors (Lipinski definition) is 2. The lowest BCUT2D eigenvalue weighted by atomic mass is 10.1. The molecule has 0 spiro atoms. The summed E-state index contributed by atoms with van der Waals surface area (Å²) in [5, 5.41) is 6.66. The lowest BCUT2D eigenvalue weighted by Crippen LogP contribution is -2.47. The van der Waals surface area contributed by atoms with Gasteiger partial charge in [0.2, 0.25) is 5.91 Å². The Morgan fingerprint density at radius 1 is 1.00 bits per heavy atom. The molecule has 6 heteroatoms. The molecule has 1 aliphatic heterocycles. The number of hydrogen-bond donors (Lipinski definition) is 2. The maximum Gasteiger partial charge on any atom is 0.315 e. The Morgan fingerprint density at radius 3 is 2.29 bits per heavy atom. The molecule has 0 unspecified atom stereocenters. The summed E-state index contributed by atoms with van der Waals surface area (Å²) in [5.41, 5.74) is 0.817. The van der Waals surface area contributed by atoms with Gasteiger partial charge in [0.05, 0.1) is 6.04 Å². The van der Waals surface area contributed by atoms with E-state index < -0.39 is 0 Å². The summed E-state index contributed by atoms with van der Waals surface area (Å²) in [6.07, 6.45) is 7.30. The van der Waals surface area contributed by atoms with Crippen LogP contribution in [0.3, 0.4) is 0 Å². The van der Waals surface area contributed by atoms with Crippen molar-refractivity contribution in [3.05, 3.63) is 29.3 Å². The summed E-state index contributed by atoms with van der Waals surface area (Å²) in [7, 11) is 0. The predicted molar refractivity (Wildman–Crippen MR) is 95.4 cm³/mol. The fourth-order valence-corrected chi connectivity index (χ4v) is 3.64. The third-order valence-electron chi connectivity index (χ3n) is 4.79. The normalized spacial score (nSPS) is 22.3. The standard InChI is InChI=1S/C18H24ClN3O2/c19-13-7-9-16(10-8-13)22-12-15(11-17(22)23)21-18(24)20-14-5-3-1-2-4-6-14/h7-10,14-15H,1-6,11-12H2,(H2,20,21,24)/t15-/m1/s1. The minimum Gasteiger partial charge on any atom is -0.335 e. The van der Waals surface area contributed by atoms with Gasteiger partial charge in [-0.05, 0) is 37.1 Å². The number of nitrogens with zero attached hydrogens (tertiary/aromatic N) is 1. The van der Waals surface area contributed by atoms with Gasteiger partial charge in [-0.3, -0.25) is 4.79 Å². The highest BCUT2D eigenvalue weighted by molar-refractivity contribution is 6.30. The van der Waals surface area contributed by atoms with E-state index in [4.69, 9.17) is 11.6 Å². The molecule has 130 valence electrons. The second-order valence-electron chi connectivity index (χ2n) is 6.69. The van der Waals surface area contributed by atoms with Gasteiger partial charge in [-0.1, -0.05) is 37.3 Å². The van der Waals surface area contributed by atoms with E-state index in [1.54, 1.807) is 17.0 Å². The van der Waals surface area contributed by atoms with Crippen LogP contribution in [0, 0.1) is 0 Å². The summed E-state index contributed by atoms with van der Waals surface area (Å²) in [6.45, 7) is 0.499. The second kappa shape index (κ2) is 7.88. The fraction of sp³-hybridized carbons (Fsp3) is 0.556. The minimum atomic E-state index is -0.155. The fourth-order valence-electron chi connectivity index (χ4n) is 3.51. The van der Waals surface area contributed by atoms with Crippen LogP contribution >= 0.6 is 11.6 Å². The first kappa shape index (κ1) is 17.1. The van der Waals surface area contributed by atoms with Crippen LogP contribution in [0.1, 0.15) is 44.9 Å². The molecular formula is C18H24ClN3O2. The molecule has 3 rings (SSSR count). The van der Waals surface area contributed by atoms with E-state index in [-0.39, 0.29) is 24.0 Å². The Balaban J connectivity index is 1.52. The largest absolute Gasteiger partial charge is 0.335 e. The SMILES string of the molecule is O=C(NC1CCCCCC1)N[C@@H]1CC(=O)N(c2ccc(Cl)cc2)C1. The first-order valence-corrected chi connectivity index (χ1v) is 9.12. The van der Waals surface area contributed by atoms with Crippen LogP contribution in [0.25, 0.3) is 0 Å². The second-order valence-corrected chi connectivity index (χ2v) is 7.12. The van der Waals surface area contributed by atoms with Crippen molar-refractivity contribution in [2.75, 3.05) is 11.4 Å². The maximum atomic E-state index is 12.2. The van der Waals surface area contributed by atoms with Gasteiger partial charge in [-0.15, -0.1) is 0 Å². The molecule has 2 N–H and O–H groups in total. The predicted octanol–water partition coefficient (Wildman–Crippen LogP) is 3.47. The average Bonchev–Trinajstić information content (AvgIpc) is 2.74. The van der Waals surface area contributed by atoms with Gasteiger partial charge >= 0.3 is 6.03 Å². The summed E-state index contributed by atoms with van der Waals surface area (Å²) < 4.78 is 0. The van der Waals surface area contributed by atoms with Gasteiger partial charge in [0.1, 0.15) is 0 Å². The highest BCUT2D eigenvalue weighted by Crippen LogP contribution is 2.23. The number of carbonyl (C=O) groups is 2. The van der Waals surface area contributed by atoms with Crippen molar-refractivity contribution in [1.29, 1.82) is 0 Å². The van der Waals surface area contributed by atoms with Gasteiger partial charge in [0.25, 0.3) is 0 Å². The molecule has 1 saturated carbocycles. The van der Waals surface area contributed by atoms with Crippen LogP contribution in [0.2, 0.25) is 5.02 Å². The van der Waals surface area contributed by atoms with E-state index in [1.807, 2.05) is 12.1 Å². The molecule has 1 aromatic rings. The quantitative estimate of drug-likeness (QED) is 0.821. The number of rotatable bonds is 3. The van der Waals surface area contributed by atoms with Crippen LogP contribution in [-0.4, -0.2) is 30.6 Å². The van der Waals surface area contributed by atoms with Crippen molar-refractivity contribution in [2.24, 2.45) is 0 Å². The zero-order valence-corrected chi connectivity index (χ0v) is 14.5. The van der Waals surface area contributed by atoms with E-state index in [0.29, 0.717) is 18.0 Å². The van der Waals surface area contributed by atoms with E-state index >= 15 is 0 Å². The minimum absolute atomic E-state index is 0.0251. The molecule has 0 bridgehead atoms. The number of nitrogens with one attached hydrogen (secondary N) is 2. The smallest absolute Gasteiger partial charge is 0.315 e. The van der Waals surface area contributed by atoms with E-state index in [0.717, 1.165) is 18.5 Å². The van der Waals surface area contributed by atoms with E-state index in [9.17, 15) is 9.59 Å². The summed E-state index contributed by atoms with van der Waals surface area (Å²) in [6, 6.07) is 7.14.